The second kappa shape index (κ2) is 10.5. The van der Waals surface area contributed by atoms with Crippen LogP contribution >= 0.6 is 11.8 Å². The molecule has 0 bridgehead atoms. The minimum atomic E-state index is -0.166. The van der Waals surface area contributed by atoms with Gasteiger partial charge >= 0.3 is 0 Å². The molecule has 35 heavy (non-hydrogen) atoms. The van der Waals surface area contributed by atoms with E-state index in [-0.39, 0.29) is 5.91 Å². The molecule has 0 saturated carbocycles. The Bertz CT molecular complexity index is 1240. The van der Waals surface area contributed by atoms with Gasteiger partial charge in [-0.05, 0) is 29.3 Å². The van der Waals surface area contributed by atoms with Crippen molar-refractivity contribution in [3.05, 3.63) is 83.4 Å². The van der Waals surface area contributed by atoms with Gasteiger partial charge in [0.25, 0.3) is 5.91 Å². The average molecular weight is 488 g/mol. The molecule has 1 fully saturated rings. The smallest absolute Gasteiger partial charge is 0.258 e. The Morgan fingerprint density at radius 1 is 0.971 bits per heavy atom. The van der Waals surface area contributed by atoms with Crippen LogP contribution in [0.3, 0.4) is 0 Å². The number of hydrogen-bond acceptors (Lipinski definition) is 6. The fourth-order valence-corrected chi connectivity index (χ4v) is 5.46. The van der Waals surface area contributed by atoms with Crippen molar-refractivity contribution in [2.45, 2.75) is 6.54 Å². The van der Waals surface area contributed by atoms with Gasteiger partial charge in [0, 0.05) is 48.5 Å². The Morgan fingerprint density at radius 2 is 1.66 bits per heavy atom. The quantitative estimate of drug-likeness (QED) is 0.448. The summed E-state index contributed by atoms with van der Waals surface area (Å²) in [6, 6.07) is 22.1. The normalized spacial score (nSPS) is 16.9. The highest BCUT2D eigenvalue weighted by Gasteiger charge is 2.30. The largest absolute Gasteiger partial charge is 0.493 e. The van der Waals surface area contributed by atoms with Crippen molar-refractivity contribution >= 4 is 40.3 Å². The van der Waals surface area contributed by atoms with Crippen molar-refractivity contribution in [1.82, 2.24) is 4.90 Å². The summed E-state index contributed by atoms with van der Waals surface area (Å²) < 4.78 is 10.9. The van der Waals surface area contributed by atoms with E-state index in [0.29, 0.717) is 22.8 Å². The van der Waals surface area contributed by atoms with Crippen LogP contribution in [0.4, 0.5) is 11.4 Å². The number of thioether (sulfide) groups is 1. The fourth-order valence-electron chi connectivity index (χ4n) is 4.48. The molecular formula is C28H29N3O3S. The molecule has 3 aromatic rings. The number of carbonyl (C=O) groups excluding carboxylic acids is 1. The molecule has 2 aliphatic rings. The third-order valence-electron chi connectivity index (χ3n) is 6.31. The summed E-state index contributed by atoms with van der Waals surface area (Å²) in [4.78, 5) is 15.7. The number of hydrogen-bond donors (Lipinski definition) is 2. The molecule has 0 aliphatic carbocycles. The van der Waals surface area contributed by atoms with E-state index < -0.39 is 0 Å². The van der Waals surface area contributed by atoms with E-state index in [4.69, 9.17) is 9.47 Å². The third-order valence-corrected chi connectivity index (χ3v) is 7.26. The minimum Gasteiger partial charge on any atom is -0.493 e. The van der Waals surface area contributed by atoms with Crippen LogP contribution in [0.5, 0.6) is 11.5 Å². The third kappa shape index (κ3) is 5.01. The van der Waals surface area contributed by atoms with E-state index in [0.717, 1.165) is 42.1 Å². The number of rotatable bonds is 7. The predicted octanol–water partition coefficient (Wildman–Crippen LogP) is 5.19. The van der Waals surface area contributed by atoms with Crippen LogP contribution in [-0.4, -0.2) is 49.6 Å². The number of ether oxygens (including phenoxy) is 2. The Labute approximate surface area is 210 Å². The van der Waals surface area contributed by atoms with E-state index in [2.05, 4.69) is 39.8 Å². The molecule has 2 N–H and O–H groups in total. The monoisotopic (exact) mass is 487 g/mol. The minimum absolute atomic E-state index is 0.166. The zero-order valence-corrected chi connectivity index (χ0v) is 20.8. The Hall–Kier alpha value is -3.42. The van der Waals surface area contributed by atoms with Gasteiger partial charge in [0.05, 0.1) is 31.2 Å². The molecule has 1 saturated heterocycles. The van der Waals surface area contributed by atoms with Crippen LogP contribution in [0, 0.1) is 0 Å². The summed E-state index contributed by atoms with van der Waals surface area (Å²) in [5.74, 6) is 3.39. The maximum absolute atomic E-state index is 13.2. The first-order valence-corrected chi connectivity index (χ1v) is 12.8. The first-order chi connectivity index (χ1) is 17.2. The summed E-state index contributed by atoms with van der Waals surface area (Å²) in [6.07, 6.45) is 0. The van der Waals surface area contributed by atoms with Gasteiger partial charge in [0.1, 0.15) is 0 Å². The Balaban J connectivity index is 1.51. The number of fused-ring (bicyclic) bond motifs is 1. The summed E-state index contributed by atoms with van der Waals surface area (Å²) in [6.45, 7) is 3.24. The number of carbonyl (C=O) groups is 1. The fraction of sp³-hybridized carbons (Fsp3) is 0.250. The second-order valence-electron chi connectivity index (χ2n) is 8.53. The maximum Gasteiger partial charge on any atom is 0.258 e. The van der Waals surface area contributed by atoms with Crippen LogP contribution in [-0.2, 0) is 11.3 Å². The lowest BCUT2D eigenvalue weighted by atomic mass is 9.99. The highest BCUT2D eigenvalue weighted by atomic mass is 32.2. The first-order valence-electron chi connectivity index (χ1n) is 11.7. The van der Waals surface area contributed by atoms with Crippen LogP contribution in [0.15, 0.2) is 66.7 Å². The number of nitrogens with one attached hydrogen (secondary N) is 2. The van der Waals surface area contributed by atoms with E-state index in [1.165, 1.54) is 17.1 Å². The van der Waals surface area contributed by atoms with Gasteiger partial charge in [-0.3, -0.25) is 9.69 Å². The summed E-state index contributed by atoms with van der Waals surface area (Å²) in [5.41, 5.74) is 5.94. The molecule has 6 nitrogen and oxygen atoms in total. The molecular weight excluding hydrogens is 458 g/mol. The summed E-state index contributed by atoms with van der Waals surface area (Å²) in [7, 11) is 3.18. The van der Waals surface area contributed by atoms with Crippen molar-refractivity contribution in [2.75, 3.05) is 49.4 Å². The zero-order valence-electron chi connectivity index (χ0n) is 20.0. The lowest BCUT2D eigenvalue weighted by molar-refractivity contribution is -0.110. The average Bonchev–Trinajstić information content (AvgIpc) is 3.22. The van der Waals surface area contributed by atoms with Crippen LogP contribution < -0.4 is 20.1 Å². The molecule has 2 heterocycles. The summed E-state index contributed by atoms with van der Waals surface area (Å²) >= 11 is 2.02. The second-order valence-corrected chi connectivity index (χ2v) is 9.76. The van der Waals surface area contributed by atoms with E-state index in [1.54, 1.807) is 20.3 Å². The highest BCUT2D eigenvalue weighted by Crippen LogP contribution is 2.43. The summed E-state index contributed by atoms with van der Waals surface area (Å²) in [5, 5.41) is 6.52. The SMILES string of the molecule is COc1cc2c(cc1OC)C(=C(Nc1ccc(CN3CCSCC3)cc1)c1ccccc1)C(=O)N2. The predicted molar refractivity (Wildman–Crippen MR) is 144 cm³/mol. The van der Waals surface area contributed by atoms with Crippen molar-refractivity contribution < 1.29 is 14.3 Å². The molecule has 0 aromatic heterocycles. The van der Waals surface area contributed by atoms with Gasteiger partial charge in [0.15, 0.2) is 11.5 Å². The lowest BCUT2D eigenvalue weighted by Gasteiger charge is -2.26. The van der Waals surface area contributed by atoms with Gasteiger partial charge < -0.3 is 20.1 Å². The van der Waals surface area contributed by atoms with E-state index in [9.17, 15) is 4.79 Å². The Kier molecular flexibility index (Phi) is 6.97. The van der Waals surface area contributed by atoms with Crippen molar-refractivity contribution in [1.29, 1.82) is 0 Å². The van der Waals surface area contributed by atoms with Gasteiger partial charge in [-0.2, -0.15) is 11.8 Å². The Morgan fingerprint density at radius 3 is 2.34 bits per heavy atom. The maximum atomic E-state index is 13.2. The lowest BCUT2D eigenvalue weighted by Crippen LogP contribution is -2.31. The van der Waals surface area contributed by atoms with Crippen LogP contribution in [0.1, 0.15) is 16.7 Å². The topological polar surface area (TPSA) is 62.8 Å². The first kappa shape index (κ1) is 23.3. The molecule has 0 spiro atoms. The number of amides is 1. The number of methoxy groups -OCH3 is 2. The molecule has 180 valence electrons. The molecule has 0 radical (unpaired) electrons. The van der Waals surface area contributed by atoms with Crippen molar-refractivity contribution in [2.24, 2.45) is 0 Å². The zero-order chi connectivity index (χ0) is 24.2. The van der Waals surface area contributed by atoms with Gasteiger partial charge in [-0.25, -0.2) is 0 Å². The number of nitrogens with zero attached hydrogens (tertiary/aromatic N) is 1. The van der Waals surface area contributed by atoms with Crippen LogP contribution in [0.25, 0.3) is 11.3 Å². The molecule has 0 atom stereocenters. The standard InChI is InChI=1S/C28H29N3O3S/c1-33-24-16-22-23(17-25(24)34-2)30-28(32)26(22)27(20-6-4-3-5-7-20)29-21-10-8-19(9-11-21)18-31-12-14-35-15-13-31/h3-11,16-17,29H,12-15,18H2,1-2H3,(H,30,32). The molecule has 0 unspecified atom stereocenters. The molecule has 7 heteroatoms. The molecule has 1 amide bonds. The van der Waals surface area contributed by atoms with Crippen LogP contribution in [0.2, 0.25) is 0 Å². The van der Waals surface area contributed by atoms with E-state index >= 15 is 0 Å². The molecule has 2 aliphatic heterocycles. The van der Waals surface area contributed by atoms with Crippen molar-refractivity contribution in [3.63, 3.8) is 0 Å². The van der Waals surface area contributed by atoms with Gasteiger partial charge in [0.2, 0.25) is 0 Å². The molecule has 3 aromatic carbocycles. The van der Waals surface area contributed by atoms with Gasteiger partial charge in [-0.15, -0.1) is 0 Å². The number of anilines is 2. The van der Waals surface area contributed by atoms with Crippen molar-refractivity contribution in [3.8, 4) is 11.5 Å². The van der Waals surface area contributed by atoms with E-state index in [1.807, 2.05) is 48.2 Å². The molecule has 5 rings (SSSR count). The van der Waals surface area contributed by atoms with Gasteiger partial charge in [-0.1, -0.05) is 42.5 Å². The highest BCUT2D eigenvalue weighted by molar-refractivity contribution is 7.99. The number of benzene rings is 3.